The Morgan fingerprint density at radius 1 is 1.25 bits per heavy atom. The Balaban J connectivity index is 2.70. The molecule has 1 aromatic heterocycles. The maximum absolute atomic E-state index is 5.96. The highest BCUT2D eigenvalue weighted by Crippen LogP contribution is 2.21. The van der Waals surface area contributed by atoms with Crippen LogP contribution in [0.15, 0.2) is 6.20 Å². The van der Waals surface area contributed by atoms with E-state index < -0.39 is 0 Å². The fourth-order valence-electron chi connectivity index (χ4n) is 1.76. The second kappa shape index (κ2) is 6.40. The van der Waals surface area contributed by atoms with Crippen molar-refractivity contribution < 1.29 is 0 Å². The summed E-state index contributed by atoms with van der Waals surface area (Å²) in [6.45, 7) is 6.52. The Bertz CT molecular complexity index is 298. The lowest BCUT2D eigenvalue weighted by Gasteiger charge is -2.22. The quantitative estimate of drug-likeness (QED) is 0.773. The van der Waals surface area contributed by atoms with E-state index in [9.17, 15) is 0 Å². The van der Waals surface area contributed by atoms with E-state index in [0.29, 0.717) is 0 Å². The van der Waals surface area contributed by atoms with Gasteiger partial charge in [-0.05, 0) is 12.8 Å². The highest BCUT2D eigenvalue weighted by Gasteiger charge is 2.12. The minimum atomic E-state index is 0.787. The number of unbranched alkanes of at least 4 members (excludes halogenated alkanes) is 2. The summed E-state index contributed by atoms with van der Waals surface area (Å²) in [7, 11) is 1.91. The SMILES string of the molecule is CCCCN(CCCC)c1nn(C)cc1N. The van der Waals surface area contributed by atoms with Gasteiger partial charge in [-0.15, -0.1) is 0 Å². The van der Waals surface area contributed by atoms with E-state index in [-0.39, 0.29) is 0 Å². The summed E-state index contributed by atoms with van der Waals surface area (Å²) in [4.78, 5) is 2.31. The lowest BCUT2D eigenvalue weighted by Crippen LogP contribution is -2.26. The largest absolute Gasteiger partial charge is 0.394 e. The lowest BCUT2D eigenvalue weighted by molar-refractivity contribution is 0.660. The van der Waals surface area contributed by atoms with Crippen LogP contribution in [-0.2, 0) is 7.05 Å². The van der Waals surface area contributed by atoms with Gasteiger partial charge in [0.25, 0.3) is 0 Å². The van der Waals surface area contributed by atoms with Gasteiger partial charge in [0.2, 0.25) is 0 Å². The zero-order valence-electron chi connectivity index (χ0n) is 10.7. The molecule has 0 saturated carbocycles. The third kappa shape index (κ3) is 3.43. The average molecular weight is 224 g/mol. The maximum Gasteiger partial charge on any atom is 0.173 e. The summed E-state index contributed by atoms with van der Waals surface area (Å²) < 4.78 is 1.79. The molecule has 0 unspecified atom stereocenters. The maximum atomic E-state index is 5.96. The molecule has 0 aliphatic rings. The fourth-order valence-corrected chi connectivity index (χ4v) is 1.76. The molecule has 0 aromatic carbocycles. The van der Waals surface area contributed by atoms with Crippen molar-refractivity contribution in [2.45, 2.75) is 39.5 Å². The smallest absolute Gasteiger partial charge is 0.173 e. The Labute approximate surface area is 98.4 Å². The Hall–Kier alpha value is -1.19. The van der Waals surface area contributed by atoms with E-state index in [1.807, 2.05) is 13.2 Å². The van der Waals surface area contributed by atoms with Crippen LogP contribution in [0.3, 0.4) is 0 Å². The normalized spacial score (nSPS) is 10.7. The number of anilines is 2. The number of nitrogens with zero attached hydrogens (tertiary/aromatic N) is 3. The second-order valence-electron chi connectivity index (χ2n) is 4.28. The van der Waals surface area contributed by atoms with E-state index >= 15 is 0 Å². The van der Waals surface area contributed by atoms with E-state index in [1.165, 1.54) is 25.7 Å². The molecule has 1 heterocycles. The van der Waals surface area contributed by atoms with Gasteiger partial charge in [-0.3, -0.25) is 4.68 Å². The van der Waals surface area contributed by atoms with Crippen LogP contribution in [0, 0.1) is 0 Å². The van der Waals surface area contributed by atoms with Crippen molar-refractivity contribution in [3.05, 3.63) is 6.20 Å². The van der Waals surface area contributed by atoms with Gasteiger partial charge in [0.1, 0.15) is 0 Å². The van der Waals surface area contributed by atoms with Crippen LogP contribution < -0.4 is 10.6 Å². The van der Waals surface area contributed by atoms with Crippen molar-refractivity contribution in [3.8, 4) is 0 Å². The molecule has 0 spiro atoms. The highest BCUT2D eigenvalue weighted by molar-refractivity contribution is 5.61. The van der Waals surface area contributed by atoms with Gasteiger partial charge in [0, 0.05) is 26.3 Å². The minimum Gasteiger partial charge on any atom is -0.394 e. The van der Waals surface area contributed by atoms with Crippen molar-refractivity contribution in [1.29, 1.82) is 0 Å². The third-order valence-corrected chi connectivity index (χ3v) is 2.70. The van der Waals surface area contributed by atoms with Gasteiger partial charge in [0.05, 0.1) is 5.69 Å². The molecule has 0 atom stereocenters. The first-order chi connectivity index (χ1) is 7.69. The number of aryl methyl sites for hydroxylation is 1. The van der Waals surface area contributed by atoms with Gasteiger partial charge < -0.3 is 10.6 Å². The molecule has 0 saturated heterocycles. The Morgan fingerprint density at radius 3 is 2.19 bits per heavy atom. The summed E-state index contributed by atoms with van der Waals surface area (Å²) in [5.41, 5.74) is 6.75. The van der Waals surface area contributed by atoms with Gasteiger partial charge in [-0.25, -0.2) is 0 Å². The number of nitrogen functional groups attached to an aromatic ring is 1. The van der Waals surface area contributed by atoms with E-state index in [4.69, 9.17) is 5.73 Å². The molecule has 4 nitrogen and oxygen atoms in total. The standard InChI is InChI=1S/C12H24N4/c1-4-6-8-16(9-7-5-2)12-11(13)10-15(3)14-12/h10H,4-9,13H2,1-3H3. The first-order valence-electron chi connectivity index (χ1n) is 6.23. The molecule has 16 heavy (non-hydrogen) atoms. The van der Waals surface area contributed by atoms with Crippen molar-refractivity contribution in [2.24, 2.45) is 7.05 Å². The van der Waals surface area contributed by atoms with Crippen LogP contribution in [0.25, 0.3) is 0 Å². The predicted octanol–water partition coefficient (Wildman–Crippen LogP) is 2.41. The third-order valence-electron chi connectivity index (χ3n) is 2.70. The molecule has 0 aliphatic heterocycles. The topological polar surface area (TPSA) is 47.1 Å². The van der Waals surface area contributed by atoms with E-state index in [2.05, 4.69) is 23.8 Å². The summed E-state index contributed by atoms with van der Waals surface area (Å²) in [5, 5.41) is 4.43. The molecule has 92 valence electrons. The molecule has 1 aromatic rings. The second-order valence-corrected chi connectivity index (χ2v) is 4.28. The van der Waals surface area contributed by atoms with Crippen molar-refractivity contribution in [3.63, 3.8) is 0 Å². The lowest BCUT2D eigenvalue weighted by atomic mass is 10.2. The number of hydrogen-bond donors (Lipinski definition) is 1. The van der Waals surface area contributed by atoms with Crippen LogP contribution in [-0.4, -0.2) is 22.9 Å². The van der Waals surface area contributed by atoms with Crippen molar-refractivity contribution >= 4 is 11.5 Å². The fraction of sp³-hybridized carbons (Fsp3) is 0.750. The zero-order valence-corrected chi connectivity index (χ0v) is 10.7. The molecule has 0 radical (unpaired) electrons. The van der Waals surface area contributed by atoms with Gasteiger partial charge in [-0.1, -0.05) is 26.7 Å². The molecule has 0 aliphatic carbocycles. The van der Waals surface area contributed by atoms with E-state index in [1.54, 1.807) is 4.68 Å². The number of rotatable bonds is 7. The summed E-state index contributed by atoms with van der Waals surface area (Å²) in [5.74, 6) is 0.949. The molecule has 0 fully saturated rings. The van der Waals surface area contributed by atoms with Gasteiger partial charge in [0.15, 0.2) is 5.82 Å². The minimum absolute atomic E-state index is 0.787. The Kier molecular flexibility index (Phi) is 5.15. The van der Waals surface area contributed by atoms with Gasteiger partial charge in [-0.2, -0.15) is 5.10 Å². The van der Waals surface area contributed by atoms with Crippen molar-refractivity contribution in [2.75, 3.05) is 23.7 Å². The summed E-state index contributed by atoms with van der Waals surface area (Å²) in [6, 6.07) is 0. The molecule has 1 rings (SSSR count). The van der Waals surface area contributed by atoms with Crippen LogP contribution in [0.4, 0.5) is 11.5 Å². The summed E-state index contributed by atoms with van der Waals surface area (Å²) in [6.07, 6.45) is 6.67. The molecule has 0 bridgehead atoms. The number of hydrogen-bond acceptors (Lipinski definition) is 3. The van der Waals surface area contributed by atoms with Crippen LogP contribution >= 0.6 is 0 Å². The molecular formula is C12H24N4. The molecular weight excluding hydrogens is 200 g/mol. The van der Waals surface area contributed by atoms with Crippen LogP contribution in [0.5, 0.6) is 0 Å². The van der Waals surface area contributed by atoms with Crippen molar-refractivity contribution in [1.82, 2.24) is 9.78 Å². The first kappa shape index (κ1) is 12.9. The predicted molar refractivity (Wildman–Crippen MR) is 69.6 cm³/mol. The first-order valence-corrected chi connectivity index (χ1v) is 6.23. The van der Waals surface area contributed by atoms with Gasteiger partial charge >= 0.3 is 0 Å². The van der Waals surface area contributed by atoms with Crippen LogP contribution in [0.2, 0.25) is 0 Å². The Morgan fingerprint density at radius 2 is 1.81 bits per heavy atom. The molecule has 4 heteroatoms. The summed E-state index contributed by atoms with van der Waals surface area (Å²) >= 11 is 0. The number of aromatic nitrogens is 2. The van der Waals surface area contributed by atoms with E-state index in [0.717, 1.165) is 24.6 Å². The highest BCUT2D eigenvalue weighted by atomic mass is 15.3. The number of nitrogens with two attached hydrogens (primary N) is 1. The molecule has 2 N–H and O–H groups in total. The van der Waals surface area contributed by atoms with Crippen LogP contribution in [0.1, 0.15) is 39.5 Å². The zero-order chi connectivity index (χ0) is 12.0. The monoisotopic (exact) mass is 224 g/mol. The molecule has 0 amide bonds. The average Bonchev–Trinajstić information content (AvgIpc) is 2.58.